The molecule has 0 aliphatic heterocycles. The van der Waals surface area contributed by atoms with Crippen LogP contribution >= 0.6 is 0 Å². The number of carbonyl (C=O) groups is 2. The van der Waals surface area contributed by atoms with Gasteiger partial charge in [0, 0.05) is 38.6 Å². The molecule has 1 amide bonds. The Hall–Kier alpha value is -2.20. The average molecular weight is 359 g/mol. The molecule has 0 fully saturated rings. The monoisotopic (exact) mass is 359 g/mol. The highest BCUT2D eigenvalue weighted by Gasteiger charge is 2.19. The fourth-order valence-corrected chi connectivity index (χ4v) is 2.22. The van der Waals surface area contributed by atoms with Crippen LogP contribution in [0.1, 0.15) is 40.6 Å². The summed E-state index contributed by atoms with van der Waals surface area (Å²) in [4.78, 5) is 35.4. The highest BCUT2D eigenvalue weighted by molar-refractivity contribution is 7.88. The van der Waals surface area contributed by atoms with Crippen LogP contribution in [0, 0.1) is 0 Å². The number of pyridine rings is 1. The van der Waals surface area contributed by atoms with Gasteiger partial charge in [-0.15, -0.1) is 0 Å². The number of amides is 1. The van der Waals surface area contributed by atoms with E-state index in [9.17, 15) is 22.8 Å². The Morgan fingerprint density at radius 1 is 1.29 bits per heavy atom. The molecule has 24 heavy (non-hydrogen) atoms. The molecule has 0 aliphatic carbocycles. The maximum absolute atomic E-state index is 12.2. The fraction of sp³-hybridized carbons (Fsp3) is 0.500. The third-order valence-corrected chi connectivity index (χ3v) is 4.71. The smallest absolute Gasteiger partial charge is 0.341 e. The summed E-state index contributed by atoms with van der Waals surface area (Å²) in [7, 11) is -2.01. The molecular formula is C14H21N3O6S. The number of carbonyl (C=O) groups excluding carboxylic acids is 1. The minimum Gasteiger partial charge on any atom is -0.477 e. The lowest BCUT2D eigenvalue weighted by molar-refractivity contribution is 0.0694. The van der Waals surface area contributed by atoms with Gasteiger partial charge in [0.15, 0.2) is 0 Å². The van der Waals surface area contributed by atoms with Crippen molar-refractivity contribution >= 4 is 21.9 Å². The van der Waals surface area contributed by atoms with Crippen LogP contribution in [0.4, 0.5) is 0 Å². The first kappa shape index (κ1) is 19.8. The predicted octanol–water partition coefficient (Wildman–Crippen LogP) is -0.251. The number of hydrogen-bond donors (Lipinski definition) is 2. The zero-order valence-corrected chi connectivity index (χ0v) is 14.8. The minimum absolute atomic E-state index is 0.0131. The Balaban J connectivity index is 3.02. The minimum atomic E-state index is -3.37. The van der Waals surface area contributed by atoms with Gasteiger partial charge >= 0.3 is 5.97 Å². The highest BCUT2D eigenvalue weighted by Crippen LogP contribution is 2.07. The summed E-state index contributed by atoms with van der Waals surface area (Å²) in [5, 5.41) is 11.5. The average Bonchev–Trinajstić information content (AvgIpc) is 2.45. The van der Waals surface area contributed by atoms with E-state index in [1.54, 1.807) is 13.8 Å². The second-order valence-corrected chi connectivity index (χ2v) is 7.69. The lowest BCUT2D eigenvalue weighted by Crippen LogP contribution is -2.38. The first-order chi connectivity index (χ1) is 10.9. The van der Waals surface area contributed by atoms with Gasteiger partial charge < -0.3 is 15.0 Å². The lowest BCUT2D eigenvalue weighted by Gasteiger charge is -2.15. The highest BCUT2D eigenvalue weighted by atomic mass is 32.2. The van der Waals surface area contributed by atoms with Crippen molar-refractivity contribution in [3.63, 3.8) is 0 Å². The number of hydrogen-bond acceptors (Lipinski definition) is 5. The van der Waals surface area contributed by atoms with Gasteiger partial charge in [0.2, 0.25) is 15.5 Å². The van der Waals surface area contributed by atoms with Crippen LogP contribution in [0.3, 0.4) is 0 Å². The molecular weight excluding hydrogens is 338 g/mol. The number of carboxylic acid groups (broad SMARTS) is 1. The van der Waals surface area contributed by atoms with Crippen molar-refractivity contribution in [3.8, 4) is 0 Å². The fourth-order valence-electron chi connectivity index (χ4n) is 1.80. The van der Waals surface area contributed by atoms with Crippen molar-refractivity contribution < 1.29 is 23.1 Å². The molecule has 0 saturated heterocycles. The molecule has 0 aliphatic rings. The normalized spacial score (nSPS) is 11.8. The molecule has 2 N–H and O–H groups in total. The molecule has 1 aromatic rings. The second-order valence-electron chi connectivity index (χ2n) is 5.60. The Kier molecular flexibility index (Phi) is 6.27. The van der Waals surface area contributed by atoms with Crippen LogP contribution < -0.4 is 10.7 Å². The number of likely N-dealkylation sites (N-methyl/N-ethyl adjacent to an activating group) is 1. The van der Waals surface area contributed by atoms with Gasteiger partial charge in [-0.2, -0.15) is 0 Å². The Morgan fingerprint density at radius 3 is 2.29 bits per heavy atom. The molecule has 1 rings (SSSR count). The molecule has 134 valence electrons. The van der Waals surface area contributed by atoms with E-state index >= 15 is 0 Å². The van der Waals surface area contributed by atoms with Crippen molar-refractivity contribution in [3.05, 3.63) is 33.7 Å². The third-order valence-electron chi connectivity index (χ3n) is 3.40. The molecule has 0 atom stereocenters. The molecule has 0 saturated carbocycles. The molecule has 10 heteroatoms. The number of aromatic nitrogens is 1. The van der Waals surface area contributed by atoms with Gasteiger partial charge in [-0.3, -0.25) is 9.59 Å². The van der Waals surface area contributed by atoms with E-state index in [0.29, 0.717) is 0 Å². The van der Waals surface area contributed by atoms with Crippen LogP contribution in [0.25, 0.3) is 0 Å². The van der Waals surface area contributed by atoms with Crippen molar-refractivity contribution in [2.45, 2.75) is 19.9 Å². The predicted molar refractivity (Wildman–Crippen MR) is 87.9 cm³/mol. The van der Waals surface area contributed by atoms with E-state index in [4.69, 9.17) is 5.11 Å². The molecule has 0 spiro atoms. The van der Waals surface area contributed by atoms with Crippen molar-refractivity contribution in [2.75, 3.05) is 26.4 Å². The van der Waals surface area contributed by atoms with E-state index in [0.717, 1.165) is 10.6 Å². The molecule has 0 unspecified atom stereocenters. The maximum atomic E-state index is 12.2. The van der Waals surface area contributed by atoms with E-state index < -0.39 is 32.9 Å². The molecule has 0 aromatic carbocycles. The van der Waals surface area contributed by atoms with Gasteiger partial charge in [-0.25, -0.2) is 17.5 Å². The van der Waals surface area contributed by atoms with Crippen LogP contribution in [-0.4, -0.2) is 60.7 Å². The largest absolute Gasteiger partial charge is 0.477 e. The maximum Gasteiger partial charge on any atom is 0.341 e. The zero-order chi connectivity index (χ0) is 18.7. The Labute approximate surface area is 139 Å². The number of carboxylic acids is 1. The van der Waals surface area contributed by atoms with Crippen LogP contribution in [0.2, 0.25) is 0 Å². The molecule has 0 radical (unpaired) electrons. The van der Waals surface area contributed by atoms with E-state index in [1.807, 2.05) is 0 Å². The quantitative estimate of drug-likeness (QED) is 0.691. The standard InChI is InChI=1S/C14H21N3O6S/c1-9(2)17-7-10(12(18)11(8-17)14(20)21)13(19)15-5-6-16(3)24(4,22)23/h7-9H,5-6H2,1-4H3,(H,15,19)(H,20,21). The Morgan fingerprint density at radius 2 is 1.83 bits per heavy atom. The Bertz CT molecular complexity index is 797. The summed E-state index contributed by atoms with van der Waals surface area (Å²) >= 11 is 0. The summed E-state index contributed by atoms with van der Waals surface area (Å²) in [5.41, 5.74) is -1.68. The zero-order valence-electron chi connectivity index (χ0n) is 13.9. The number of nitrogens with zero attached hydrogens (tertiary/aromatic N) is 2. The van der Waals surface area contributed by atoms with Crippen molar-refractivity contribution in [1.82, 2.24) is 14.2 Å². The van der Waals surface area contributed by atoms with Gasteiger partial charge in [0.1, 0.15) is 11.1 Å². The van der Waals surface area contributed by atoms with Crippen LogP contribution in [-0.2, 0) is 10.0 Å². The summed E-state index contributed by atoms with van der Waals surface area (Å²) in [6.45, 7) is 3.57. The molecule has 1 aromatic heterocycles. The summed E-state index contributed by atoms with van der Waals surface area (Å²) in [5.74, 6) is -2.17. The van der Waals surface area contributed by atoms with Crippen LogP contribution in [0.15, 0.2) is 17.2 Å². The van der Waals surface area contributed by atoms with Crippen molar-refractivity contribution in [1.29, 1.82) is 0 Å². The number of aromatic carboxylic acids is 1. The first-order valence-electron chi connectivity index (χ1n) is 7.13. The summed E-state index contributed by atoms with van der Waals surface area (Å²) in [6, 6.07) is -0.147. The van der Waals surface area contributed by atoms with E-state index in [2.05, 4.69) is 5.32 Å². The van der Waals surface area contributed by atoms with Gasteiger partial charge in [-0.1, -0.05) is 0 Å². The molecule has 1 heterocycles. The third kappa shape index (κ3) is 4.90. The number of nitrogens with one attached hydrogen (secondary N) is 1. The second kappa shape index (κ2) is 7.58. The van der Waals surface area contributed by atoms with Crippen LogP contribution in [0.5, 0.6) is 0 Å². The van der Waals surface area contributed by atoms with Gasteiger partial charge in [0.25, 0.3) is 5.91 Å². The lowest BCUT2D eigenvalue weighted by atomic mass is 10.1. The molecule has 0 bridgehead atoms. The summed E-state index contributed by atoms with van der Waals surface area (Å²) in [6.07, 6.45) is 3.51. The van der Waals surface area contributed by atoms with E-state index in [-0.39, 0.29) is 24.7 Å². The first-order valence-corrected chi connectivity index (χ1v) is 8.98. The number of rotatable bonds is 7. The van der Waals surface area contributed by atoms with Crippen molar-refractivity contribution in [2.24, 2.45) is 0 Å². The van der Waals surface area contributed by atoms with Gasteiger partial charge in [0.05, 0.1) is 6.26 Å². The molecule has 9 nitrogen and oxygen atoms in total. The van der Waals surface area contributed by atoms with Gasteiger partial charge in [-0.05, 0) is 13.8 Å². The topological polar surface area (TPSA) is 126 Å². The SMILES string of the molecule is CC(C)n1cc(C(=O)O)c(=O)c(C(=O)NCCN(C)S(C)(=O)=O)c1. The summed E-state index contributed by atoms with van der Waals surface area (Å²) < 4.78 is 25.0. The number of sulfonamides is 1. The van der Waals surface area contributed by atoms with E-state index in [1.165, 1.54) is 24.0 Å².